The normalized spacial score (nSPS) is 11.9. The Kier molecular flexibility index (Phi) is 8.79. The van der Waals surface area contributed by atoms with Crippen molar-refractivity contribution >= 4 is 45.8 Å². The second-order valence-corrected chi connectivity index (χ2v) is 9.62. The van der Waals surface area contributed by atoms with E-state index in [4.69, 9.17) is 28.2 Å². The largest absolute Gasteiger partial charge is 0.355 e. The molecule has 1 N–H and O–H groups in total. The number of anilines is 1. The standard InChI is InChI=1S/C29H30Cl2N4O/c1-3-26-33-28-24(18-23(30)19-25(28)31)29(34-26)35(16-14-21-10-6-4-7-11-21)17-15-27(36)32-20(2)22-12-8-5-9-13-22/h4-13,18-20H,3,14-17H2,1-2H3,(H,32,36). The minimum Gasteiger partial charge on any atom is -0.355 e. The minimum absolute atomic E-state index is 0.0128. The summed E-state index contributed by atoms with van der Waals surface area (Å²) in [7, 11) is 0. The van der Waals surface area contributed by atoms with Crippen LogP contribution in [0.3, 0.4) is 0 Å². The summed E-state index contributed by atoms with van der Waals surface area (Å²) in [6.45, 7) is 5.20. The molecule has 1 unspecified atom stereocenters. The fraction of sp³-hybridized carbons (Fsp3) is 0.276. The maximum atomic E-state index is 12.9. The van der Waals surface area contributed by atoms with E-state index in [0.717, 1.165) is 23.2 Å². The first-order valence-electron chi connectivity index (χ1n) is 12.2. The molecule has 0 radical (unpaired) electrons. The molecule has 4 rings (SSSR count). The van der Waals surface area contributed by atoms with E-state index < -0.39 is 0 Å². The summed E-state index contributed by atoms with van der Waals surface area (Å²) in [5.41, 5.74) is 2.97. The van der Waals surface area contributed by atoms with Gasteiger partial charge < -0.3 is 10.2 Å². The number of aromatic nitrogens is 2. The van der Waals surface area contributed by atoms with E-state index in [2.05, 4.69) is 27.3 Å². The number of rotatable bonds is 10. The van der Waals surface area contributed by atoms with Gasteiger partial charge in [0.1, 0.15) is 11.6 Å². The first kappa shape index (κ1) is 25.9. The van der Waals surface area contributed by atoms with Crippen LogP contribution >= 0.6 is 23.2 Å². The van der Waals surface area contributed by atoms with Crippen LogP contribution in [0.4, 0.5) is 5.82 Å². The van der Waals surface area contributed by atoms with Gasteiger partial charge in [0.2, 0.25) is 5.91 Å². The third-order valence-corrected chi connectivity index (χ3v) is 6.67. The average Bonchev–Trinajstić information content (AvgIpc) is 2.89. The van der Waals surface area contributed by atoms with Gasteiger partial charge in [-0.05, 0) is 36.6 Å². The van der Waals surface area contributed by atoms with E-state index in [-0.39, 0.29) is 11.9 Å². The molecule has 7 heteroatoms. The zero-order chi connectivity index (χ0) is 25.5. The fourth-order valence-corrected chi connectivity index (χ4v) is 4.73. The summed E-state index contributed by atoms with van der Waals surface area (Å²) in [5, 5.41) is 4.92. The summed E-state index contributed by atoms with van der Waals surface area (Å²) in [5.74, 6) is 1.44. The van der Waals surface area contributed by atoms with Gasteiger partial charge in [-0.3, -0.25) is 4.79 Å². The predicted octanol–water partition coefficient (Wildman–Crippen LogP) is 6.82. The lowest BCUT2D eigenvalue weighted by Gasteiger charge is -2.26. The number of amides is 1. The number of nitrogens with one attached hydrogen (secondary N) is 1. The van der Waals surface area contributed by atoms with Crippen LogP contribution in [0.2, 0.25) is 10.0 Å². The molecule has 1 heterocycles. The molecule has 4 aromatic rings. The van der Waals surface area contributed by atoms with Crippen LogP contribution in [0.15, 0.2) is 72.8 Å². The van der Waals surface area contributed by atoms with Crippen LogP contribution in [-0.2, 0) is 17.6 Å². The molecular formula is C29H30Cl2N4O. The Morgan fingerprint density at radius 3 is 2.36 bits per heavy atom. The Morgan fingerprint density at radius 2 is 1.67 bits per heavy atom. The van der Waals surface area contributed by atoms with Crippen LogP contribution in [0.25, 0.3) is 10.9 Å². The second kappa shape index (κ2) is 12.2. The first-order valence-corrected chi connectivity index (χ1v) is 13.0. The van der Waals surface area contributed by atoms with E-state index >= 15 is 0 Å². The van der Waals surface area contributed by atoms with Crippen molar-refractivity contribution in [3.05, 3.63) is 99.8 Å². The van der Waals surface area contributed by atoms with Crippen LogP contribution in [0, 0.1) is 0 Å². The number of hydrogen-bond acceptors (Lipinski definition) is 4. The topological polar surface area (TPSA) is 58.1 Å². The number of nitrogens with zero attached hydrogens (tertiary/aromatic N) is 3. The number of carbonyl (C=O) groups is 1. The van der Waals surface area contributed by atoms with Gasteiger partial charge in [-0.2, -0.15) is 0 Å². The van der Waals surface area contributed by atoms with Gasteiger partial charge in [0.25, 0.3) is 0 Å². The molecule has 36 heavy (non-hydrogen) atoms. The maximum absolute atomic E-state index is 12.9. The van der Waals surface area contributed by atoms with Crippen LogP contribution in [0.1, 0.15) is 43.3 Å². The molecule has 0 aliphatic carbocycles. The van der Waals surface area contributed by atoms with E-state index in [1.54, 1.807) is 6.07 Å². The molecule has 5 nitrogen and oxygen atoms in total. The molecule has 0 saturated carbocycles. The number of benzene rings is 3. The summed E-state index contributed by atoms with van der Waals surface area (Å²) < 4.78 is 0. The fourth-order valence-electron chi connectivity index (χ4n) is 4.19. The Hall–Kier alpha value is -3.15. The van der Waals surface area contributed by atoms with Gasteiger partial charge in [0.05, 0.1) is 16.6 Å². The Morgan fingerprint density at radius 1 is 0.972 bits per heavy atom. The zero-order valence-corrected chi connectivity index (χ0v) is 22.1. The van der Waals surface area contributed by atoms with Crippen molar-refractivity contribution in [2.45, 2.75) is 39.2 Å². The van der Waals surface area contributed by atoms with E-state index in [1.165, 1.54) is 5.56 Å². The number of aryl methyl sites for hydroxylation is 1. The molecule has 0 aliphatic rings. The summed E-state index contributed by atoms with van der Waals surface area (Å²) >= 11 is 12.9. The van der Waals surface area contributed by atoms with Crippen molar-refractivity contribution in [1.29, 1.82) is 0 Å². The van der Waals surface area contributed by atoms with Crippen molar-refractivity contribution in [3.63, 3.8) is 0 Å². The predicted molar refractivity (Wildman–Crippen MR) is 149 cm³/mol. The third-order valence-electron chi connectivity index (χ3n) is 6.16. The minimum atomic E-state index is -0.0688. The Balaban J connectivity index is 1.60. The average molecular weight is 521 g/mol. The van der Waals surface area contributed by atoms with Crippen molar-refractivity contribution in [1.82, 2.24) is 15.3 Å². The molecule has 0 aliphatic heterocycles. The molecule has 0 saturated heterocycles. The molecule has 0 fully saturated rings. The van der Waals surface area contributed by atoms with E-state index in [9.17, 15) is 4.79 Å². The highest BCUT2D eigenvalue weighted by molar-refractivity contribution is 6.38. The third kappa shape index (κ3) is 6.54. The lowest BCUT2D eigenvalue weighted by molar-refractivity contribution is -0.121. The first-order chi connectivity index (χ1) is 17.4. The van der Waals surface area contributed by atoms with Crippen LogP contribution in [0.5, 0.6) is 0 Å². The molecule has 186 valence electrons. The summed E-state index contributed by atoms with van der Waals surface area (Å²) in [4.78, 5) is 24.6. The highest BCUT2D eigenvalue weighted by Crippen LogP contribution is 2.32. The molecule has 3 aromatic carbocycles. The van der Waals surface area contributed by atoms with Crippen molar-refractivity contribution in [3.8, 4) is 0 Å². The lowest BCUT2D eigenvalue weighted by Crippen LogP contribution is -2.34. The number of fused-ring (bicyclic) bond motifs is 1. The summed E-state index contributed by atoms with van der Waals surface area (Å²) in [6, 6.07) is 23.7. The lowest BCUT2D eigenvalue weighted by atomic mass is 10.1. The maximum Gasteiger partial charge on any atom is 0.222 e. The monoisotopic (exact) mass is 520 g/mol. The van der Waals surface area contributed by atoms with Gasteiger partial charge in [-0.25, -0.2) is 9.97 Å². The zero-order valence-electron chi connectivity index (χ0n) is 20.5. The van der Waals surface area contributed by atoms with Gasteiger partial charge in [0, 0.05) is 36.3 Å². The van der Waals surface area contributed by atoms with Crippen LogP contribution in [-0.4, -0.2) is 29.0 Å². The van der Waals surface area contributed by atoms with Gasteiger partial charge in [-0.1, -0.05) is 90.8 Å². The Labute approximate surface area is 222 Å². The van der Waals surface area contributed by atoms with Crippen LogP contribution < -0.4 is 10.2 Å². The molecule has 1 amide bonds. The quantitative estimate of drug-likeness (QED) is 0.249. The Bertz CT molecular complexity index is 1320. The molecule has 1 atom stereocenters. The highest BCUT2D eigenvalue weighted by atomic mass is 35.5. The number of carbonyl (C=O) groups excluding carboxylic acids is 1. The van der Waals surface area contributed by atoms with Crippen molar-refractivity contribution in [2.75, 3.05) is 18.0 Å². The van der Waals surface area contributed by atoms with Gasteiger partial charge in [0.15, 0.2) is 0 Å². The van der Waals surface area contributed by atoms with Gasteiger partial charge >= 0.3 is 0 Å². The highest BCUT2D eigenvalue weighted by Gasteiger charge is 2.19. The van der Waals surface area contributed by atoms with Crippen molar-refractivity contribution < 1.29 is 4.79 Å². The van der Waals surface area contributed by atoms with Crippen molar-refractivity contribution in [2.24, 2.45) is 0 Å². The molecule has 1 aromatic heterocycles. The smallest absolute Gasteiger partial charge is 0.222 e. The number of hydrogen-bond donors (Lipinski definition) is 1. The SMILES string of the molecule is CCc1nc(N(CCC(=O)NC(C)c2ccccc2)CCc2ccccc2)c2cc(Cl)cc(Cl)c2n1. The molecular weight excluding hydrogens is 491 g/mol. The van der Waals surface area contributed by atoms with Gasteiger partial charge in [-0.15, -0.1) is 0 Å². The summed E-state index contributed by atoms with van der Waals surface area (Å²) in [6.07, 6.45) is 1.81. The van der Waals surface area contributed by atoms with E-state index in [1.807, 2.05) is 68.4 Å². The molecule has 0 spiro atoms. The second-order valence-electron chi connectivity index (χ2n) is 8.77. The number of halogens is 2. The molecule has 0 bridgehead atoms. The van der Waals surface area contributed by atoms with E-state index in [0.29, 0.717) is 47.3 Å².